The number of carboxylic acid groups (broad SMARTS) is 1. The second-order valence-corrected chi connectivity index (χ2v) is 7.98. The van der Waals surface area contributed by atoms with Gasteiger partial charge in [0.15, 0.2) is 22.5 Å². The molecule has 0 spiro atoms. The van der Waals surface area contributed by atoms with Crippen molar-refractivity contribution >= 4 is 34.5 Å². The fourth-order valence-electron chi connectivity index (χ4n) is 2.51. The molecule has 1 aromatic carbocycles. The molecule has 1 rings (SSSR count). The van der Waals surface area contributed by atoms with E-state index in [0.29, 0.717) is 11.8 Å². The average molecular weight is 413 g/mol. The van der Waals surface area contributed by atoms with Gasteiger partial charge in [-0.15, -0.1) is 0 Å². The molecular weight excluding hydrogens is 389 g/mol. The SMILES string of the molecule is COc1ccc(C(=O)C(CC(=O)N[C@@H](CC(C)C)C(=O)O)SC(C)=O)cc1F. The summed E-state index contributed by atoms with van der Waals surface area (Å²) in [6.45, 7) is 4.88. The van der Waals surface area contributed by atoms with E-state index in [-0.39, 0.29) is 23.7 Å². The molecule has 0 aliphatic rings. The Hall–Kier alpha value is -2.42. The number of halogens is 1. The predicted octanol–water partition coefficient (Wildman–Crippen LogP) is 2.67. The molecule has 0 saturated heterocycles. The maximum Gasteiger partial charge on any atom is 0.326 e. The van der Waals surface area contributed by atoms with Gasteiger partial charge in [-0.05, 0) is 30.5 Å². The van der Waals surface area contributed by atoms with Crippen molar-refractivity contribution in [3.8, 4) is 5.75 Å². The van der Waals surface area contributed by atoms with E-state index in [9.17, 15) is 28.7 Å². The number of amides is 1. The summed E-state index contributed by atoms with van der Waals surface area (Å²) in [4.78, 5) is 47.8. The zero-order valence-electron chi connectivity index (χ0n) is 16.2. The van der Waals surface area contributed by atoms with E-state index in [0.717, 1.165) is 6.07 Å². The first-order valence-electron chi connectivity index (χ1n) is 8.62. The van der Waals surface area contributed by atoms with Crippen molar-refractivity contribution in [1.82, 2.24) is 5.32 Å². The van der Waals surface area contributed by atoms with Crippen molar-refractivity contribution in [2.24, 2.45) is 5.92 Å². The van der Waals surface area contributed by atoms with Crippen LogP contribution in [0, 0.1) is 11.7 Å². The van der Waals surface area contributed by atoms with Crippen LogP contribution < -0.4 is 10.1 Å². The van der Waals surface area contributed by atoms with Gasteiger partial charge in [-0.2, -0.15) is 0 Å². The van der Waals surface area contributed by atoms with Crippen LogP contribution in [0.15, 0.2) is 18.2 Å². The number of carboxylic acids is 1. The second-order valence-electron chi connectivity index (χ2n) is 6.60. The molecule has 2 N–H and O–H groups in total. The minimum Gasteiger partial charge on any atom is -0.494 e. The molecule has 0 fully saturated rings. The summed E-state index contributed by atoms with van der Waals surface area (Å²) in [5.41, 5.74) is -0.0122. The predicted molar refractivity (Wildman–Crippen MR) is 103 cm³/mol. The molecule has 0 aromatic heterocycles. The summed E-state index contributed by atoms with van der Waals surface area (Å²) in [5, 5.41) is 10.1. The lowest BCUT2D eigenvalue weighted by Crippen LogP contribution is -2.43. The molecule has 1 aromatic rings. The quantitative estimate of drug-likeness (QED) is 0.568. The molecule has 2 atom stereocenters. The largest absolute Gasteiger partial charge is 0.494 e. The summed E-state index contributed by atoms with van der Waals surface area (Å²) in [5.74, 6) is -3.20. The van der Waals surface area contributed by atoms with E-state index in [1.807, 2.05) is 13.8 Å². The van der Waals surface area contributed by atoms with Crippen LogP contribution in [0.4, 0.5) is 4.39 Å². The van der Waals surface area contributed by atoms with Gasteiger partial charge in [0.05, 0.1) is 12.4 Å². The number of nitrogens with one attached hydrogen (secondary N) is 1. The fourth-order valence-corrected chi connectivity index (χ4v) is 3.39. The molecule has 9 heteroatoms. The van der Waals surface area contributed by atoms with E-state index < -0.39 is 46.3 Å². The number of ether oxygens (including phenoxy) is 1. The summed E-state index contributed by atoms with van der Waals surface area (Å²) in [6, 6.07) is 2.51. The highest BCUT2D eigenvalue weighted by molar-refractivity contribution is 8.14. The average Bonchev–Trinajstić information content (AvgIpc) is 2.58. The summed E-state index contributed by atoms with van der Waals surface area (Å²) in [6.07, 6.45) is -0.179. The molecule has 0 aliphatic carbocycles. The molecule has 1 unspecified atom stereocenters. The fraction of sp³-hybridized carbons (Fsp3) is 0.474. The number of carbonyl (C=O) groups is 4. The first kappa shape index (κ1) is 23.6. The Labute approximate surface area is 167 Å². The second kappa shape index (κ2) is 10.8. The number of carbonyl (C=O) groups excluding carboxylic acids is 3. The maximum absolute atomic E-state index is 13.9. The van der Waals surface area contributed by atoms with Crippen LogP contribution in [0.3, 0.4) is 0 Å². The Morgan fingerprint density at radius 2 is 1.89 bits per heavy atom. The molecule has 1 amide bonds. The lowest BCUT2D eigenvalue weighted by molar-refractivity contribution is -0.142. The molecule has 0 radical (unpaired) electrons. The van der Waals surface area contributed by atoms with Gasteiger partial charge < -0.3 is 15.2 Å². The maximum atomic E-state index is 13.9. The molecular formula is C19H24FNO6S. The first-order chi connectivity index (χ1) is 13.0. The highest BCUT2D eigenvalue weighted by Crippen LogP contribution is 2.24. The van der Waals surface area contributed by atoms with Crippen LogP contribution in [-0.4, -0.2) is 46.3 Å². The number of benzene rings is 1. The Balaban J connectivity index is 2.96. The van der Waals surface area contributed by atoms with E-state index in [1.165, 1.54) is 26.2 Å². The molecule has 28 heavy (non-hydrogen) atoms. The highest BCUT2D eigenvalue weighted by atomic mass is 32.2. The van der Waals surface area contributed by atoms with Crippen LogP contribution >= 0.6 is 11.8 Å². The Bertz CT molecular complexity index is 752. The minimum absolute atomic E-state index is 0.0122. The molecule has 0 aliphatic heterocycles. The van der Waals surface area contributed by atoms with Crippen molar-refractivity contribution in [2.75, 3.05) is 7.11 Å². The number of hydrogen-bond donors (Lipinski definition) is 2. The third-order valence-corrected chi connectivity index (χ3v) is 4.75. The topological polar surface area (TPSA) is 110 Å². The third-order valence-electron chi connectivity index (χ3n) is 3.75. The Morgan fingerprint density at radius 3 is 2.36 bits per heavy atom. The standard InChI is InChI=1S/C19H24FNO6S/c1-10(2)7-14(19(25)26)21-17(23)9-16(28-11(3)22)18(24)12-5-6-15(27-4)13(20)8-12/h5-6,8,10,14,16H,7,9H2,1-4H3,(H,21,23)(H,25,26)/t14-,16?/m0/s1. The van der Waals surface area contributed by atoms with Gasteiger partial charge in [0, 0.05) is 18.9 Å². The number of aliphatic carboxylic acids is 1. The van der Waals surface area contributed by atoms with Crippen LogP contribution in [0.2, 0.25) is 0 Å². The number of ketones is 1. The van der Waals surface area contributed by atoms with Gasteiger partial charge in [0.1, 0.15) is 6.04 Å². The number of hydrogen-bond acceptors (Lipinski definition) is 6. The van der Waals surface area contributed by atoms with Gasteiger partial charge in [-0.1, -0.05) is 25.6 Å². The van der Waals surface area contributed by atoms with E-state index in [2.05, 4.69) is 5.32 Å². The normalized spacial score (nSPS) is 12.9. The van der Waals surface area contributed by atoms with Crippen molar-refractivity contribution in [1.29, 1.82) is 0 Å². The van der Waals surface area contributed by atoms with Crippen molar-refractivity contribution in [2.45, 2.75) is 44.9 Å². The van der Waals surface area contributed by atoms with Crippen LogP contribution in [0.25, 0.3) is 0 Å². The Kier molecular flexibility index (Phi) is 9.11. The van der Waals surface area contributed by atoms with Crippen LogP contribution in [-0.2, 0) is 14.4 Å². The summed E-state index contributed by atoms with van der Waals surface area (Å²) < 4.78 is 18.7. The number of rotatable bonds is 10. The third kappa shape index (κ3) is 7.30. The lowest BCUT2D eigenvalue weighted by atomic mass is 10.0. The van der Waals surface area contributed by atoms with Gasteiger partial charge >= 0.3 is 5.97 Å². The van der Waals surface area contributed by atoms with Crippen molar-refractivity contribution in [3.05, 3.63) is 29.6 Å². The summed E-state index contributed by atoms with van der Waals surface area (Å²) >= 11 is 0.646. The van der Waals surface area contributed by atoms with Crippen molar-refractivity contribution in [3.63, 3.8) is 0 Å². The number of methoxy groups -OCH3 is 1. The van der Waals surface area contributed by atoms with Crippen molar-refractivity contribution < 1.29 is 33.4 Å². The van der Waals surface area contributed by atoms with E-state index >= 15 is 0 Å². The van der Waals surface area contributed by atoms with Crippen LogP contribution in [0.5, 0.6) is 5.75 Å². The lowest BCUT2D eigenvalue weighted by Gasteiger charge is -2.19. The number of Topliss-reactive ketones (excluding diaryl/α,β-unsaturated/α-hetero) is 1. The zero-order valence-corrected chi connectivity index (χ0v) is 17.0. The van der Waals surface area contributed by atoms with Gasteiger partial charge in [0.25, 0.3) is 0 Å². The van der Waals surface area contributed by atoms with Gasteiger partial charge in [0.2, 0.25) is 5.91 Å². The zero-order chi connectivity index (χ0) is 21.4. The number of thioether (sulfide) groups is 1. The highest BCUT2D eigenvalue weighted by Gasteiger charge is 2.28. The Morgan fingerprint density at radius 1 is 1.25 bits per heavy atom. The molecule has 0 saturated carbocycles. The summed E-state index contributed by atoms with van der Waals surface area (Å²) in [7, 11) is 1.29. The first-order valence-corrected chi connectivity index (χ1v) is 9.50. The minimum atomic E-state index is -1.18. The van der Waals surface area contributed by atoms with Gasteiger partial charge in [-0.3, -0.25) is 14.4 Å². The molecule has 0 bridgehead atoms. The van der Waals surface area contributed by atoms with Crippen LogP contribution in [0.1, 0.15) is 44.0 Å². The molecule has 154 valence electrons. The molecule has 0 heterocycles. The van der Waals surface area contributed by atoms with E-state index in [1.54, 1.807) is 0 Å². The molecule has 7 nitrogen and oxygen atoms in total. The smallest absolute Gasteiger partial charge is 0.326 e. The monoisotopic (exact) mass is 413 g/mol. The van der Waals surface area contributed by atoms with E-state index in [4.69, 9.17) is 4.74 Å². The van der Waals surface area contributed by atoms with Gasteiger partial charge in [-0.25, -0.2) is 9.18 Å².